The third-order valence-electron chi connectivity index (χ3n) is 0.903. The van der Waals surface area contributed by atoms with Crippen LogP contribution in [0.4, 0.5) is 0 Å². The van der Waals surface area contributed by atoms with Crippen molar-refractivity contribution in [3.63, 3.8) is 0 Å². The molecular weight excluding hydrogens is 150 g/mol. The predicted molar refractivity (Wildman–Crippen MR) is 47.7 cm³/mol. The molecule has 50 valence electrons. The first-order valence-electron chi connectivity index (χ1n) is 2.38. The Bertz CT molecular complexity index is 152. The van der Waals surface area contributed by atoms with Gasteiger partial charge in [0.05, 0.1) is 0 Å². The lowest BCUT2D eigenvalue weighted by Gasteiger charge is -1.88. The zero-order chi connectivity index (χ0) is 5.82. The van der Waals surface area contributed by atoms with Crippen LogP contribution in [-0.2, 0) is 0 Å². The van der Waals surface area contributed by atoms with Crippen molar-refractivity contribution in [3.8, 4) is 0 Å². The number of benzene rings is 1. The first-order valence-corrected chi connectivity index (χ1v) is 3.33. The van der Waals surface area contributed by atoms with E-state index in [1.165, 1.54) is 0 Å². The molecule has 0 heterocycles. The van der Waals surface area contributed by atoms with Crippen molar-refractivity contribution < 1.29 is 4.89 Å². The largest absolute Gasteiger partial charge is 0.372 e. The van der Waals surface area contributed by atoms with Crippen molar-refractivity contribution >= 4 is 24.0 Å². The molecule has 0 aliphatic rings. The van der Waals surface area contributed by atoms with E-state index in [0.717, 1.165) is 5.30 Å². The summed E-state index contributed by atoms with van der Waals surface area (Å²) in [6.07, 6.45) is 0. The van der Waals surface area contributed by atoms with Crippen LogP contribution in [0, 0.1) is 0 Å². The molecule has 0 aliphatic carbocycles. The Hall–Kier alpha value is 0.0400. The van der Waals surface area contributed by atoms with E-state index in [-0.39, 0.29) is 18.7 Å². The Morgan fingerprint density at radius 3 is 2.00 bits per heavy atom. The van der Waals surface area contributed by atoms with Crippen LogP contribution in [0.2, 0.25) is 0 Å². The van der Waals surface area contributed by atoms with Gasteiger partial charge in [-0.2, -0.15) is 9.90 Å². The zero-order valence-corrected chi connectivity index (χ0v) is 7.46. The van der Waals surface area contributed by atoms with E-state index < -0.39 is 0 Å². The first-order chi connectivity index (χ1) is 3.93. The SMILES string of the molecule is OPc1ccccc1.P. The second-order valence-electron chi connectivity index (χ2n) is 1.48. The fourth-order valence-electron chi connectivity index (χ4n) is 0.513. The van der Waals surface area contributed by atoms with E-state index in [2.05, 4.69) is 0 Å². The summed E-state index contributed by atoms with van der Waals surface area (Å²) < 4.78 is 0. The predicted octanol–water partition coefficient (Wildman–Crippen LogP) is 0.956. The summed E-state index contributed by atoms with van der Waals surface area (Å²) in [5.41, 5.74) is 0. The molecule has 1 nitrogen and oxygen atoms in total. The maximum atomic E-state index is 8.57. The van der Waals surface area contributed by atoms with Gasteiger partial charge in [0, 0.05) is 8.81 Å². The van der Waals surface area contributed by atoms with Gasteiger partial charge >= 0.3 is 0 Å². The molecule has 0 saturated carbocycles. The maximum Gasteiger partial charge on any atom is 0.0420 e. The van der Waals surface area contributed by atoms with Gasteiger partial charge < -0.3 is 4.89 Å². The molecule has 1 aromatic carbocycles. The lowest BCUT2D eigenvalue weighted by atomic mass is 10.4. The van der Waals surface area contributed by atoms with Gasteiger partial charge in [0.15, 0.2) is 0 Å². The van der Waals surface area contributed by atoms with Crippen LogP contribution in [-0.4, -0.2) is 4.89 Å². The average molecular weight is 160 g/mol. The fraction of sp³-hybridized carbons (Fsp3) is 0. The number of rotatable bonds is 1. The molecule has 2 atom stereocenters. The summed E-state index contributed by atoms with van der Waals surface area (Å²) in [6.45, 7) is 0. The second-order valence-corrected chi connectivity index (χ2v) is 2.28. The molecule has 0 bridgehead atoms. The third-order valence-corrected chi connectivity index (χ3v) is 1.49. The van der Waals surface area contributed by atoms with Crippen molar-refractivity contribution in [2.24, 2.45) is 0 Å². The molecule has 0 saturated heterocycles. The van der Waals surface area contributed by atoms with E-state index in [1.54, 1.807) is 0 Å². The Balaban J connectivity index is 0.000000640. The minimum atomic E-state index is -0.0700. The highest BCUT2D eigenvalue weighted by atomic mass is 31.1. The molecule has 0 fully saturated rings. The van der Waals surface area contributed by atoms with Crippen molar-refractivity contribution in [1.82, 2.24) is 0 Å². The molecule has 0 spiro atoms. The molecule has 1 N–H and O–H groups in total. The summed E-state index contributed by atoms with van der Waals surface area (Å²) >= 11 is 0. The molecule has 1 aromatic rings. The smallest absolute Gasteiger partial charge is 0.0420 e. The second kappa shape index (κ2) is 4.88. The maximum absolute atomic E-state index is 8.57. The highest BCUT2D eigenvalue weighted by Crippen LogP contribution is 1.99. The van der Waals surface area contributed by atoms with Crippen LogP contribution in [0.25, 0.3) is 0 Å². The zero-order valence-electron chi connectivity index (χ0n) is 5.04. The molecule has 0 radical (unpaired) electrons. The van der Waals surface area contributed by atoms with Crippen LogP contribution in [0.15, 0.2) is 30.3 Å². The minimum absolute atomic E-state index is 0. The van der Waals surface area contributed by atoms with Gasteiger partial charge in [-0.25, -0.2) is 0 Å². The monoisotopic (exact) mass is 160 g/mol. The molecule has 0 aliphatic heterocycles. The Labute approximate surface area is 60.0 Å². The van der Waals surface area contributed by atoms with Gasteiger partial charge in [0.2, 0.25) is 0 Å². The molecule has 1 rings (SSSR count). The highest BCUT2D eigenvalue weighted by molar-refractivity contribution is 7.40. The summed E-state index contributed by atoms with van der Waals surface area (Å²) in [7, 11) is -0.0700. The van der Waals surface area contributed by atoms with E-state index in [1.807, 2.05) is 30.3 Å². The summed E-state index contributed by atoms with van der Waals surface area (Å²) in [4.78, 5) is 8.57. The van der Waals surface area contributed by atoms with Gasteiger partial charge in [-0.15, -0.1) is 0 Å². The summed E-state index contributed by atoms with van der Waals surface area (Å²) in [6, 6.07) is 9.57. The van der Waals surface area contributed by atoms with Gasteiger partial charge in [0.25, 0.3) is 0 Å². The van der Waals surface area contributed by atoms with E-state index >= 15 is 0 Å². The number of hydrogen-bond donors (Lipinski definition) is 1. The third kappa shape index (κ3) is 2.91. The van der Waals surface area contributed by atoms with Crippen LogP contribution in [0.1, 0.15) is 0 Å². The standard InChI is InChI=1S/C6H7OP.H3P/c7-8-6-4-2-1-3-5-6;/h1-5,7-8H;1H3. The summed E-state index contributed by atoms with van der Waals surface area (Å²) in [5, 5.41) is 0.993. The molecule has 2 unspecified atom stereocenters. The van der Waals surface area contributed by atoms with Gasteiger partial charge in [-0.3, -0.25) is 0 Å². The van der Waals surface area contributed by atoms with Crippen molar-refractivity contribution in [2.45, 2.75) is 0 Å². The van der Waals surface area contributed by atoms with Crippen LogP contribution < -0.4 is 5.30 Å². The van der Waals surface area contributed by atoms with Crippen LogP contribution in [0.3, 0.4) is 0 Å². The Morgan fingerprint density at radius 1 is 1.11 bits per heavy atom. The molecular formula is C6H10OP2. The minimum Gasteiger partial charge on any atom is -0.372 e. The Morgan fingerprint density at radius 2 is 1.67 bits per heavy atom. The van der Waals surface area contributed by atoms with Gasteiger partial charge in [-0.1, -0.05) is 30.3 Å². The lowest BCUT2D eigenvalue weighted by molar-refractivity contribution is 0.655. The van der Waals surface area contributed by atoms with Crippen molar-refractivity contribution in [1.29, 1.82) is 0 Å². The summed E-state index contributed by atoms with van der Waals surface area (Å²) in [5.74, 6) is 0. The molecule has 0 aromatic heterocycles. The normalized spacial score (nSPS) is 9.44. The Kier molecular flexibility index (Phi) is 4.90. The van der Waals surface area contributed by atoms with Crippen LogP contribution >= 0.6 is 18.7 Å². The fourth-order valence-corrected chi connectivity index (χ4v) is 0.854. The first kappa shape index (κ1) is 9.04. The molecule has 3 heteroatoms. The van der Waals surface area contributed by atoms with Crippen LogP contribution in [0.5, 0.6) is 0 Å². The van der Waals surface area contributed by atoms with E-state index in [9.17, 15) is 0 Å². The molecule has 0 amide bonds. The lowest BCUT2D eigenvalue weighted by Crippen LogP contribution is -1.88. The van der Waals surface area contributed by atoms with Crippen molar-refractivity contribution in [3.05, 3.63) is 30.3 Å². The number of hydrogen-bond acceptors (Lipinski definition) is 1. The van der Waals surface area contributed by atoms with E-state index in [0.29, 0.717) is 0 Å². The topological polar surface area (TPSA) is 20.2 Å². The van der Waals surface area contributed by atoms with Gasteiger partial charge in [0.1, 0.15) is 0 Å². The van der Waals surface area contributed by atoms with Crippen molar-refractivity contribution in [2.75, 3.05) is 0 Å². The van der Waals surface area contributed by atoms with Gasteiger partial charge in [-0.05, 0) is 5.30 Å². The molecule has 9 heavy (non-hydrogen) atoms. The highest BCUT2D eigenvalue weighted by Gasteiger charge is 1.81. The average Bonchev–Trinajstić information content (AvgIpc) is 1.90. The quantitative estimate of drug-likeness (QED) is 0.606. The van der Waals surface area contributed by atoms with E-state index in [4.69, 9.17) is 4.89 Å².